The molecule has 0 aliphatic carbocycles. The smallest absolute Gasteiger partial charge is 0.184 e. The standard InChI is InChI=1S/C17H26O3Si/c1-19-13-12-16(18)14-17(20-21(2,3)4)11-10-15-8-6-5-7-9-15/h5-9,12-13,17H,10-11,14H2,1-4H3/b13-12+/t17-/m0/s1. The second-order valence-electron chi connectivity index (χ2n) is 6.09. The van der Waals surface area contributed by atoms with Gasteiger partial charge in [-0.25, -0.2) is 0 Å². The summed E-state index contributed by atoms with van der Waals surface area (Å²) >= 11 is 0. The van der Waals surface area contributed by atoms with Gasteiger partial charge < -0.3 is 9.16 Å². The molecular weight excluding hydrogens is 280 g/mol. The molecule has 0 N–H and O–H groups in total. The van der Waals surface area contributed by atoms with Crippen LogP contribution in [0, 0.1) is 0 Å². The van der Waals surface area contributed by atoms with Crippen molar-refractivity contribution in [2.75, 3.05) is 7.11 Å². The van der Waals surface area contributed by atoms with Crippen LogP contribution in [0.5, 0.6) is 0 Å². The van der Waals surface area contributed by atoms with Crippen molar-refractivity contribution in [2.45, 2.75) is 45.0 Å². The van der Waals surface area contributed by atoms with E-state index in [1.54, 1.807) is 0 Å². The molecule has 0 aliphatic rings. The van der Waals surface area contributed by atoms with Gasteiger partial charge in [0.05, 0.1) is 19.5 Å². The molecule has 0 saturated carbocycles. The van der Waals surface area contributed by atoms with Crippen LogP contribution in [0.3, 0.4) is 0 Å². The van der Waals surface area contributed by atoms with Gasteiger partial charge in [0, 0.05) is 12.5 Å². The van der Waals surface area contributed by atoms with Crippen LogP contribution in [0.25, 0.3) is 0 Å². The highest BCUT2D eigenvalue weighted by Crippen LogP contribution is 2.16. The molecule has 21 heavy (non-hydrogen) atoms. The van der Waals surface area contributed by atoms with Gasteiger partial charge in [-0.3, -0.25) is 4.79 Å². The molecule has 0 heterocycles. The van der Waals surface area contributed by atoms with Crippen LogP contribution < -0.4 is 0 Å². The van der Waals surface area contributed by atoms with Crippen molar-refractivity contribution in [3.8, 4) is 0 Å². The molecule has 0 aliphatic heterocycles. The molecule has 0 radical (unpaired) electrons. The molecule has 0 bridgehead atoms. The minimum atomic E-state index is -1.66. The van der Waals surface area contributed by atoms with Crippen molar-refractivity contribution in [1.29, 1.82) is 0 Å². The van der Waals surface area contributed by atoms with E-state index in [1.807, 2.05) is 18.2 Å². The first-order chi connectivity index (χ1) is 9.90. The van der Waals surface area contributed by atoms with E-state index in [-0.39, 0.29) is 11.9 Å². The predicted molar refractivity (Wildman–Crippen MR) is 88.8 cm³/mol. The molecule has 4 heteroatoms. The van der Waals surface area contributed by atoms with Crippen molar-refractivity contribution < 1.29 is 14.0 Å². The molecule has 0 saturated heterocycles. The van der Waals surface area contributed by atoms with Gasteiger partial charge in [-0.15, -0.1) is 0 Å². The largest absolute Gasteiger partial charge is 0.504 e. The quantitative estimate of drug-likeness (QED) is 0.393. The third-order valence-corrected chi connectivity index (χ3v) is 3.98. The highest BCUT2D eigenvalue weighted by Gasteiger charge is 2.22. The molecular formula is C17H26O3Si. The molecule has 1 atom stereocenters. The van der Waals surface area contributed by atoms with E-state index in [1.165, 1.54) is 25.0 Å². The number of ether oxygens (including phenoxy) is 1. The second kappa shape index (κ2) is 8.80. The van der Waals surface area contributed by atoms with Gasteiger partial charge >= 0.3 is 0 Å². The molecule has 1 rings (SSSR count). The number of hydrogen-bond donors (Lipinski definition) is 0. The lowest BCUT2D eigenvalue weighted by Gasteiger charge is -2.26. The van der Waals surface area contributed by atoms with E-state index in [2.05, 4.69) is 31.8 Å². The number of rotatable bonds is 9. The normalized spacial score (nSPS) is 13.3. The summed E-state index contributed by atoms with van der Waals surface area (Å²) in [4.78, 5) is 11.9. The predicted octanol–water partition coefficient (Wildman–Crippen LogP) is 3.96. The zero-order valence-corrected chi connectivity index (χ0v) is 14.5. The highest BCUT2D eigenvalue weighted by atomic mass is 28.4. The first-order valence-corrected chi connectivity index (χ1v) is 10.8. The lowest BCUT2D eigenvalue weighted by atomic mass is 10.0. The Morgan fingerprint density at radius 3 is 2.48 bits per heavy atom. The summed E-state index contributed by atoms with van der Waals surface area (Å²) < 4.78 is 10.9. The number of carbonyl (C=O) groups is 1. The number of methoxy groups -OCH3 is 1. The number of aryl methyl sites for hydroxylation is 1. The van der Waals surface area contributed by atoms with Crippen LogP contribution in [-0.2, 0) is 20.4 Å². The fourth-order valence-corrected chi connectivity index (χ4v) is 3.31. The Hall–Kier alpha value is -1.39. The molecule has 0 aromatic heterocycles. The molecule has 1 aromatic rings. The van der Waals surface area contributed by atoms with Crippen LogP contribution in [0.2, 0.25) is 19.6 Å². The minimum absolute atomic E-state index is 0.0223. The van der Waals surface area contributed by atoms with Gasteiger partial charge in [-0.05, 0) is 38.0 Å². The minimum Gasteiger partial charge on any atom is -0.504 e. The van der Waals surface area contributed by atoms with Crippen LogP contribution >= 0.6 is 0 Å². The Kier molecular flexibility index (Phi) is 7.40. The first kappa shape index (κ1) is 17.7. The molecule has 0 fully saturated rings. The molecule has 116 valence electrons. The summed E-state index contributed by atoms with van der Waals surface area (Å²) in [6, 6.07) is 10.3. The van der Waals surface area contributed by atoms with Crippen LogP contribution in [0.15, 0.2) is 42.7 Å². The summed E-state index contributed by atoms with van der Waals surface area (Å²) in [6.07, 6.45) is 5.08. The van der Waals surface area contributed by atoms with Crippen molar-refractivity contribution in [1.82, 2.24) is 0 Å². The average Bonchev–Trinajstić information content (AvgIpc) is 2.42. The molecule has 0 unspecified atom stereocenters. The average molecular weight is 306 g/mol. The Balaban J connectivity index is 2.59. The third-order valence-electron chi connectivity index (χ3n) is 2.94. The molecule has 1 aromatic carbocycles. The van der Waals surface area contributed by atoms with Gasteiger partial charge in [-0.2, -0.15) is 0 Å². The summed E-state index contributed by atoms with van der Waals surface area (Å²) in [7, 11) is -0.127. The number of benzene rings is 1. The fourth-order valence-electron chi connectivity index (χ4n) is 2.11. The maximum Gasteiger partial charge on any atom is 0.184 e. The fraction of sp³-hybridized carbons (Fsp3) is 0.471. The van der Waals surface area contributed by atoms with Gasteiger partial charge in [0.1, 0.15) is 0 Å². The van der Waals surface area contributed by atoms with Gasteiger partial charge in [-0.1, -0.05) is 30.3 Å². The van der Waals surface area contributed by atoms with E-state index in [0.717, 1.165) is 12.8 Å². The number of hydrogen-bond acceptors (Lipinski definition) is 3. The molecule has 3 nitrogen and oxygen atoms in total. The maximum absolute atomic E-state index is 11.9. The summed E-state index contributed by atoms with van der Waals surface area (Å²) in [5.41, 5.74) is 1.28. The Labute approximate surface area is 129 Å². The SMILES string of the molecule is CO/C=C/C(=O)C[C@H](CCc1ccccc1)O[Si](C)(C)C. The third kappa shape index (κ3) is 8.47. The Bertz CT molecular complexity index is 449. The molecule has 0 spiro atoms. The summed E-state index contributed by atoms with van der Waals surface area (Å²) in [5, 5.41) is 0. The second-order valence-corrected chi connectivity index (χ2v) is 10.5. The van der Waals surface area contributed by atoms with E-state index in [4.69, 9.17) is 9.16 Å². The van der Waals surface area contributed by atoms with Crippen LogP contribution in [0.4, 0.5) is 0 Å². The van der Waals surface area contributed by atoms with Crippen LogP contribution in [0.1, 0.15) is 18.4 Å². The Morgan fingerprint density at radius 1 is 1.24 bits per heavy atom. The van der Waals surface area contributed by atoms with Crippen molar-refractivity contribution in [3.63, 3.8) is 0 Å². The maximum atomic E-state index is 11.9. The van der Waals surface area contributed by atoms with E-state index in [0.29, 0.717) is 6.42 Å². The van der Waals surface area contributed by atoms with Crippen molar-refractivity contribution in [3.05, 3.63) is 48.2 Å². The van der Waals surface area contributed by atoms with Crippen molar-refractivity contribution >= 4 is 14.1 Å². The van der Waals surface area contributed by atoms with Gasteiger partial charge in [0.25, 0.3) is 0 Å². The molecule has 0 amide bonds. The van der Waals surface area contributed by atoms with Gasteiger partial charge in [0.2, 0.25) is 0 Å². The van der Waals surface area contributed by atoms with Crippen molar-refractivity contribution in [2.24, 2.45) is 0 Å². The lowest BCUT2D eigenvalue weighted by molar-refractivity contribution is -0.116. The zero-order chi connectivity index (χ0) is 15.7. The topological polar surface area (TPSA) is 35.5 Å². The summed E-state index contributed by atoms with van der Waals surface area (Å²) in [5.74, 6) is 0.0492. The number of carbonyl (C=O) groups excluding carboxylic acids is 1. The number of allylic oxidation sites excluding steroid dienone is 1. The van der Waals surface area contributed by atoms with E-state index in [9.17, 15) is 4.79 Å². The Morgan fingerprint density at radius 2 is 1.90 bits per heavy atom. The van der Waals surface area contributed by atoms with Crippen LogP contribution in [-0.4, -0.2) is 27.3 Å². The van der Waals surface area contributed by atoms with E-state index >= 15 is 0 Å². The van der Waals surface area contributed by atoms with E-state index < -0.39 is 8.32 Å². The monoisotopic (exact) mass is 306 g/mol. The first-order valence-electron chi connectivity index (χ1n) is 7.34. The zero-order valence-electron chi connectivity index (χ0n) is 13.5. The lowest BCUT2D eigenvalue weighted by Crippen LogP contribution is -2.33. The highest BCUT2D eigenvalue weighted by molar-refractivity contribution is 6.69. The summed E-state index contributed by atoms with van der Waals surface area (Å²) in [6.45, 7) is 6.45. The van der Waals surface area contributed by atoms with Gasteiger partial charge in [0.15, 0.2) is 14.1 Å². The number of ketones is 1.